The van der Waals surface area contributed by atoms with Gasteiger partial charge in [-0.2, -0.15) is 5.10 Å². The van der Waals surface area contributed by atoms with Gasteiger partial charge in [-0.25, -0.2) is 9.67 Å². The van der Waals surface area contributed by atoms with E-state index in [0.717, 1.165) is 18.2 Å². The predicted molar refractivity (Wildman–Crippen MR) is 86.1 cm³/mol. The summed E-state index contributed by atoms with van der Waals surface area (Å²) in [6, 6.07) is 5.90. The molecule has 4 rings (SSSR count). The first-order chi connectivity index (χ1) is 11.1. The molecule has 1 N–H and O–H groups in total. The normalized spacial score (nSPS) is 14.6. The Balaban J connectivity index is 1.90. The molecule has 3 aromatic heterocycles. The van der Waals surface area contributed by atoms with Crippen molar-refractivity contribution in [1.82, 2.24) is 20.1 Å². The second-order valence-electron chi connectivity index (χ2n) is 6.20. The number of fused-ring (bicyclic) bond motifs is 1. The van der Waals surface area contributed by atoms with Crippen LogP contribution in [0.2, 0.25) is 0 Å². The number of hydrogen-bond acceptors (Lipinski definition) is 4. The standard InChI is InChI=1S/C17H18N4O2/c1-10(2)21-16-13(9-18-21)12(17(22)19-11-5-6-11)8-14(20-16)15-4-3-7-23-15/h3-4,7-11H,5-6H2,1-2H3,(H,19,22). The number of carbonyl (C=O) groups is 1. The van der Waals surface area contributed by atoms with Gasteiger partial charge >= 0.3 is 0 Å². The van der Waals surface area contributed by atoms with Gasteiger partial charge < -0.3 is 9.73 Å². The van der Waals surface area contributed by atoms with Crippen LogP contribution in [0.5, 0.6) is 0 Å². The van der Waals surface area contributed by atoms with E-state index in [0.29, 0.717) is 28.7 Å². The van der Waals surface area contributed by atoms with Crippen molar-refractivity contribution in [3.05, 3.63) is 36.2 Å². The molecule has 0 unspecified atom stereocenters. The third kappa shape index (κ3) is 2.50. The van der Waals surface area contributed by atoms with Crippen molar-refractivity contribution in [3.63, 3.8) is 0 Å². The fraction of sp³-hybridized carbons (Fsp3) is 0.353. The van der Waals surface area contributed by atoms with Gasteiger partial charge in [0, 0.05) is 12.1 Å². The summed E-state index contributed by atoms with van der Waals surface area (Å²) < 4.78 is 7.28. The third-order valence-corrected chi connectivity index (χ3v) is 3.99. The largest absolute Gasteiger partial charge is 0.463 e. The Kier molecular flexibility index (Phi) is 3.18. The minimum absolute atomic E-state index is 0.0731. The molecule has 0 spiro atoms. The van der Waals surface area contributed by atoms with Crippen LogP contribution in [-0.2, 0) is 0 Å². The highest BCUT2D eigenvalue weighted by molar-refractivity contribution is 6.06. The van der Waals surface area contributed by atoms with Crippen LogP contribution >= 0.6 is 0 Å². The lowest BCUT2D eigenvalue weighted by molar-refractivity contribution is 0.0952. The number of aromatic nitrogens is 3. The quantitative estimate of drug-likeness (QED) is 0.803. The van der Waals surface area contributed by atoms with Gasteiger partial charge in [0.2, 0.25) is 0 Å². The number of nitrogens with zero attached hydrogens (tertiary/aromatic N) is 3. The van der Waals surface area contributed by atoms with Gasteiger partial charge in [-0.3, -0.25) is 4.79 Å². The maximum Gasteiger partial charge on any atom is 0.252 e. The summed E-state index contributed by atoms with van der Waals surface area (Å²) in [5.74, 6) is 0.569. The summed E-state index contributed by atoms with van der Waals surface area (Å²) in [6.07, 6.45) is 5.42. The summed E-state index contributed by atoms with van der Waals surface area (Å²) >= 11 is 0. The molecular weight excluding hydrogens is 292 g/mol. The number of nitrogens with one attached hydrogen (secondary N) is 1. The predicted octanol–water partition coefficient (Wildman–Crippen LogP) is 3.16. The zero-order chi connectivity index (χ0) is 16.0. The Labute approximate surface area is 133 Å². The summed E-state index contributed by atoms with van der Waals surface area (Å²) in [4.78, 5) is 17.3. The van der Waals surface area contributed by atoms with Crippen LogP contribution in [0.3, 0.4) is 0 Å². The van der Waals surface area contributed by atoms with Gasteiger partial charge in [0.1, 0.15) is 5.69 Å². The molecule has 6 nitrogen and oxygen atoms in total. The number of furan rings is 1. The molecule has 0 saturated heterocycles. The number of carbonyl (C=O) groups excluding carboxylic acids is 1. The zero-order valence-corrected chi connectivity index (χ0v) is 13.1. The van der Waals surface area contributed by atoms with Crippen LogP contribution in [0.4, 0.5) is 0 Å². The molecule has 0 radical (unpaired) electrons. The van der Waals surface area contributed by atoms with Gasteiger partial charge in [0.05, 0.1) is 23.4 Å². The molecular formula is C17H18N4O2. The molecule has 1 aliphatic carbocycles. The first-order valence-electron chi connectivity index (χ1n) is 7.86. The Hall–Kier alpha value is -2.63. The van der Waals surface area contributed by atoms with Crippen LogP contribution in [0.25, 0.3) is 22.5 Å². The van der Waals surface area contributed by atoms with E-state index >= 15 is 0 Å². The number of rotatable bonds is 4. The van der Waals surface area contributed by atoms with Crippen molar-refractivity contribution in [1.29, 1.82) is 0 Å². The molecule has 0 aliphatic heterocycles. The maximum absolute atomic E-state index is 12.6. The Morgan fingerprint density at radius 3 is 2.91 bits per heavy atom. The van der Waals surface area contributed by atoms with E-state index in [1.807, 2.05) is 30.7 Å². The molecule has 1 saturated carbocycles. The van der Waals surface area contributed by atoms with Crippen LogP contribution < -0.4 is 5.32 Å². The first-order valence-corrected chi connectivity index (χ1v) is 7.86. The molecule has 1 fully saturated rings. The summed E-state index contributed by atoms with van der Waals surface area (Å²) in [7, 11) is 0. The maximum atomic E-state index is 12.6. The molecule has 6 heteroatoms. The van der Waals surface area contributed by atoms with Gasteiger partial charge in [0.15, 0.2) is 11.4 Å². The van der Waals surface area contributed by atoms with E-state index in [1.165, 1.54) is 0 Å². The van der Waals surface area contributed by atoms with Crippen molar-refractivity contribution in [2.24, 2.45) is 0 Å². The van der Waals surface area contributed by atoms with E-state index in [9.17, 15) is 4.79 Å². The summed E-state index contributed by atoms with van der Waals surface area (Å²) in [5.41, 5.74) is 1.95. The number of hydrogen-bond donors (Lipinski definition) is 1. The van der Waals surface area contributed by atoms with E-state index < -0.39 is 0 Å². The molecule has 1 aliphatic rings. The summed E-state index contributed by atoms with van der Waals surface area (Å²) in [5, 5.41) is 8.21. The first kappa shape index (κ1) is 14.0. The van der Waals surface area contributed by atoms with Crippen molar-refractivity contribution >= 4 is 16.9 Å². The van der Waals surface area contributed by atoms with Crippen LogP contribution in [0, 0.1) is 0 Å². The van der Waals surface area contributed by atoms with E-state index in [1.54, 1.807) is 18.5 Å². The fourth-order valence-electron chi connectivity index (χ4n) is 2.63. The van der Waals surface area contributed by atoms with E-state index in [4.69, 9.17) is 4.42 Å². The minimum atomic E-state index is -0.0731. The number of amides is 1. The molecule has 0 aromatic carbocycles. The molecule has 23 heavy (non-hydrogen) atoms. The second kappa shape index (κ2) is 5.22. The minimum Gasteiger partial charge on any atom is -0.463 e. The molecule has 118 valence electrons. The topological polar surface area (TPSA) is 73.0 Å². The van der Waals surface area contributed by atoms with Gasteiger partial charge in [-0.05, 0) is 44.9 Å². The van der Waals surface area contributed by atoms with Gasteiger partial charge in [-0.15, -0.1) is 0 Å². The van der Waals surface area contributed by atoms with Crippen molar-refractivity contribution in [2.75, 3.05) is 0 Å². The average Bonchev–Trinajstić information content (AvgIpc) is 3.05. The highest BCUT2D eigenvalue weighted by Crippen LogP contribution is 2.27. The Morgan fingerprint density at radius 2 is 2.26 bits per heavy atom. The molecule has 1 amide bonds. The Morgan fingerprint density at radius 1 is 1.43 bits per heavy atom. The van der Waals surface area contributed by atoms with E-state index in [2.05, 4.69) is 15.4 Å². The molecule has 0 bridgehead atoms. The lowest BCUT2D eigenvalue weighted by Crippen LogP contribution is -2.25. The van der Waals surface area contributed by atoms with Gasteiger partial charge in [0.25, 0.3) is 5.91 Å². The van der Waals surface area contributed by atoms with Crippen molar-refractivity contribution in [2.45, 2.75) is 38.8 Å². The van der Waals surface area contributed by atoms with Crippen LogP contribution in [-0.4, -0.2) is 26.7 Å². The lowest BCUT2D eigenvalue weighted by Gasteiger charge is -2.10. The highest BCUT2D eigenvalue weighted by atomic mass is 16.3. The molecule has 3 heterocycles. The smallest absolute Gasteiger partial charge is 0.252 e. The monoisotopic (exact) mass is 310 g/mol. The van der Waals surface area contributed by atoms with Gasteiger partial charge in [-0.1, -0.05) is 0 Å². The second-order valence-corrected chi connectivity index (χ2v) is 6.20. The zero-order valence-electron chi connectivity index (χ0n) is 13.1. The average molecular weight is 310 g/mol. The van der Waals surface area contributed by atoms with Crippen LogP contribution in [0.1, 0.15) is 43.1 Å². The van der Waals surface area contributed by atoms with E-state index in [-0.39, 0.29) is 11.9 Å². The fourth-order valence-corrected chi connectivity index (χ4v) is 2.63. The lowest BCUT2D eigenvalue weighted by atomic mass is 10.1. The molecule has 3 aromatic rings. The molecule has 0 atom stereocenters. The SMILES string of the molecule is CC(C)n1ncc2c(C(=O)NC3CC3)cc(-c3ccco3)nc21. The third-order valence-electron chi connectivity index (χ3n) is 3.99. The number of pyridine rings is 1. The van der Waals surface area contributed by atoms with Crippen molar-refractivity contribution < 1.29 is 9.21 Å². The van der Waals surface area contributed by atoms with Crippen molar-refractivity contribution in [3.8, 4) is 11.5 Å². The highest BCUT2D eigenvalue weighted by Gasteiger charge is 2.26. The Bertz CT molecular complexity index is 860. The van der Waals surface area contributed by atoms with Crippen LogP contribution in [0.15, 0.2) is 35.1 Å². The summed E-state index contributed by atoms with van der Waals surface area (Å²) in [6.45, 7) is 4.08.